The molecule has 0 bridgehead atoms. The zero-order valence-corrected chi connectivity index (χ0v) is 12.0. The molecule has 21 heavy (non-hydrogen) atoms. The normalized spacial score (nSPS) is 18.9. The van der Waals surface area contributed by atoms with Crippen molar-refractivity contribution >= 4 is 17.5 Å². The molecule has 0 radical (unpaired) electrons. The predicted molar refractivity (Wildman–Crippen MR) is 72.0 cm³/mol. The molecule has 1 heterocycles. The quantitative estimate of drug-likeness (QED) is 0.684. The summed E-state index contributed by atoms with van der Waals surface area (Å²) in [5, 5.41) is 9.20. The number of phenolic OH excluding ortho intramolecular Hbond substituents is 1. The van der Waals surface area contributed by atoms with Crippen LogP contribution in [0.3, 0.4) is 0 Å². The first-order chi connectivity index (χ1) is 9.97. The van der Waals surface area contributed by atoms with Gasteiger partial charge in [0.1, 0.15) is 0 Å². The van der Waals surface area contributed by atoms with Crippen LogP contribution in [0.5, 0.6) is 5.75 Å². The Morgan fingerprint density at radius 2 is 2.05 bits per heavy atom. The summed E-state index contributed by atoms with van der Waals surface area (Å²) in [4.78, 5) is 13.8. The van der Waals surface area contributed by atoms with Gasteiger partial charge in [0, 0.05) is 18.5 Å². The molecule has 1 atom stereocenters. The number of likely N-dealkylation sites (tertiary alicyclic amines) is 1. The summed E-state index contributed by atoms with van der Waals surface area (Å²) < 4.78 is 40.2. The standard InChI is InChI=1S/C14H15ClF3NO2/c15-5-4-8-3-1-2-6-19(8)14(21)9-7-10(16)12(18)13(20)11(9)17/h7-8,20H,1-6H2. The Morgan fingerprint density at radius 3 is 2.71 bits per heavy atom. The predicted octanol–water partition coefficient (Wildman–Crippen LogP) is 3.43. The molecule has 1 saturated heterocycles. The molecule has 1 aromatic carbocycles. The molecule has 1 amide bonds. The van der Waals surface area contributed by atoms with Crippen molar-refractivity contribution in [3.8, 4) is 5.75 Å². The first-order valence-corrected chi connectivity index (χ1v) is 7.24. The molecule has 0 aliphatic carbocycles. The topological polar surface area (TPSA) is 40.5 Å². The van der Waals surface area contributed by atoms with Gasteiger partial charge in [0.15, 0.2) is 17.4 Å². The third-order valence-electron chi connectivity index (χ3n) is 3.69. The van der Waals surface area contributed by atoms with Gasteiger partial charge < -0.3 is 10.0 Å². The molecular formula is C14H15ClF3NO2. The highest BCUT2D eigenvalue weighted by atomic mass is 35.5. The van der Waals surface area contributed by atoms with Crippen molar-refractivity contribution in [1.29, 1.82) is 0 Å². The highest BCUT2D eigenvalue weighted by molar-refractivity contribution is 6.17. The van der Waals surface area contributed by atoms with E-state index in [2.05, 4.69) is 0 Å². The molecule has 7 heteroatoms. The smallest absolute Gasteiger partial charge is 0.257 e. The molecule has 2 rings (SSSR count). The van der Waals surface area contributed by atoms with Gasteiger partial charge in [0.2, 0.25) is 5.82 Å². The van der Waals surface area contributed by atoms with E-state index in [9.17, 15) is 23.1 Å². The number of alkyl halides is 1. The third-order valence-corrected chi connectivity index (χ3v) is 3.91. The number of piperidine rings is 1. The van der Waals surface area contributed by atoms with E-state index in [4.69, 9.17) is 11.6 Å². The first-order valence-electron chi connectivity index (χ1n) is 6.70. The van der Waals surface area contributed by atoms with Crippen molar-refractivity contribution < 1.29 is 23.1 Å². The second-order valence-corrected chi connectivity index (χ2v) is 5.39. The van der Waals surface area contributed by atoms with E-state index in [0.29, 0.717) is 24.9 Å². The number of benzene rings is 1. The van der Waals surface area contributed by atoms with Crippen LogP contribution in [-0.4, -0.2) is 34.4 Å². The van der Waals surface area contributed by atoms with Crippen LogP contribution >= 0.6 is 11.6 Å². The van der Waals surface area contributed by atoms with Gasteiger partial charge in [0.25, 0.3) is 5.91 Å². The summed E-state index contributed by atoms with van der Waals surface area (Å²) in [6.45, 7) is 0.402. The van der Waals surface area contributed by atoms with Crippen LogP contribution in [0.25, 0.3) is 0 Å². The maximum Gasteiger partial charge on any atom is 0.257 e. The summed E-state index contributed by atoms with van der Waals surface area (Å²) >= 11 is 5.69. The Morgan fingerprint density at radius 1 is 1.33 bits per heavy atom. The average molecular weight is 322 g/mol. The molecule has 1 aromatic rings. The number of phenols is 1. The van der Waals surface area contributed by atoms with Crippen molar-refractivity contribution in [3.05, 3.63) is 29.1 Å². The molecule has 0 aromatic heterocycles. The van der Waals surface area contributed by atoms with Gasteiger partial charge in [-0.3, -0.25) is 4.79 Å². The van der Waals surface area contributed by atoms with Gasteiger partial charge in [-0.05, 0) is 31.7 Å². The number of aromatic hydroxyl groups is 1. The number of carbonyl (C=O) groups excluding carboxylic acids is 1. The van der Waals surface area contributed by atoms with Gasteiger partial charge in [-0.15, -0.1) is 11.6 Å². The van der Waals surface area contributed by atoms with E-state index in [-0.39, 0.29) is 6.04 Å². The average Bonchev–Trinajstić information content (AvgIpc) is 2.49. The SMILES string of the molecule is O=C(c1cc(F)c(F)c(O)c1F)N1CCCCC1CCCl. The maximum atomic E-state index is 13.8. The molecule has 0 saturated carbocycles. The first kappa shape index (κ1) is 15.9. The molecule has 1 aliphatic rings. The monoisotopic (exact) mass is 321 g/mol. The minimum atomic E-state index is -1.69. The number of halogens is 4. The summed E-state index contributed by atoms with van der Waals surface area (Å²) in [7, 11) is 0. The molecule has 1 aliphatic heterocycles. The Hall–Kier alpha value is -1.43. The van der Waals surface area contributed by atoms with Gasteiger partial charge in [-0.2, -0.15) is 4.39 Å². The highest BCUT2D eigenvalue weighted by Gasteiger charge is 2.31. The number of hydrogen-bond acceptors (Lipinski definition) is 2. The lowest BCUT2D eigenvalue weighted by molar-refractivity contribution is 0.0602. The van der Waals surface area contributed by atoms with E-state index in [1.165, 1.54) is 4.90 Å². The zero-order chi connectivity index (χ0) is 15.6. The molecule has 3 nitrogen and oxygen atoms in total. The van der Waals surface area contributed by atoms with Crippen LogP contribution in [-0.2, 0) is 0 Å². The van der Waals surface area contributed by atoms with Crippen LogP contribution in [0.15, 0.2) is 6.07 Å². The fourth-order valence-electron chi connectivity index (χ4n) is 2.59. The zero-order valence-electron chi connectivity index (χ0n) is 11.2. The van der Waals surface area contributed by atoms with Crippen LogP contribution in [0.4, 0.5) is 13.2 Å². The molecule has 1 N–H and O–H groups in total. The molecule has 0 spiro atoms. The van der Waals surface area contributed by atoms with E-state index in [1.807, 2.05) is 0 Å². The number of hydrogen-bond donors (Lipinski definition) is 1. The molecule has 116 valence electrons. The van der Waals surface area contributed by atoms with Crippen molar-refractivity contribution in [2.45, 2.75) is 31.7 Å². The Labute approximate surface area is 125 Å². The number of carbonyl (C=O) groups is 1. The van der Waals surface area contributed by atoms with Crippen molar-refractivity contribution in [3.63, 3.8) is 0 Å². The second kappa shape index (κ2) is 6.56. The van der Waals surface area contributed by atoms with E-state index < -0.39 is 34.7 Å². The van der Waals surface area contributed by atoms with Crippen molar-refractivity contribution in [1.82, 2.24) is 4.90 Å². The Bertz CT molecular complexity index is 552. The third kappa shape index (κ3) is 3.10. The number of rotatable bonds is 3. The fourth-order valence-corrected chi connectivity index (χ4v) is 2.85. The van der Waals surface area contributed by atoms with Crippen LogP contribution in [0, 0.1) is 17.5 Å². The van der Waals surface area contributed by atoms with Gasteiger partial charge >= 0.3 is 0 Å². The lowest BCUT2D eigenvalue weighted by Gasteiger charge is -2.35. The highest BCUT2D eigenvalue weighted by Crippen LogP contribution is 2.29. The van der Waals surface area contributed by atoms with Crippen molar-refractivity contribution in [2.24, 2.45) is 0 Å². The Kier molecular flexibility index (Phi) is 4.98. The number of amides is 1. The number of nitrogens with zero attached hydrogens (tertiary/aromatic N) is 1. The summed E-state index contributed by atoms with van der Waals surface area (Å²) in [5.41, 5.74) is -0.659. The van der Waals surface area contributed by atoms with Crippen LogP contribution in [0.1, 0.15) is 36.0 Å². The van der Waals surface area contributed by atoms with E-state index in [0.717, 1.165) is 19.3 Å². The molecule has 1 unspecified atom stereocenters. The van der Waals surface area contributed by atoms with Crippen LogP contribution in [0.2, 0.25) is 0 Å². The van der Waals surface area contributed by atoms with Gasteiger partial charge in [0.05, 0.1) is 5.56 Å². The molecular weight excluding hydrogens is 307 g/mol. The summed E-state index contributed by atoms with van der Waals surface area (Å²) in [6, 6.07) is 0.331. The van der Waals surface area contributed by atoms with Crippen LogP contribution < -0.4 is 0 Å². The summed E-state index contributed by atoms with van der Waals surface area (Å²) in [6.07, 6.45) is 2.96. The minimum absolute atomic E-state index is 0.154. The van der Waals surface area contributed by atoms with E-state index in [1.54, 1.807) is 0 Å². The van der Waals surface area contributed by atoms with E-state index >= 15 is 0 Å². The van der Waals surface area contributed by atoms with Crippen molar-refractivity contribution in [2.75, 3.05) is 12.4 Å². The summed E-state index contributed by atoms with van der Waals surface area (Å²) in [5.74, 6) is -6.46. The minimum Gasteiger partial charge on any atom is -0.503 e. The lowest BCUT2D eigenvalue weighted by Crippen LogP contribution is -2.44. The fraction of sp³-hybridized carbons (Fsp3) is 0.500. The lowest BCUT2D eigenvalue weighted by atomic mass is 9.98. The maximum absolute atomic E-state index is 13.8. The van der Waals surface area contributed by atoms with Gasteiger partial charge in [-0.1, -0.05) is 0 Å². The largest absolute Gasteiger partial charge is 0.503 e. The molecule has 1 fully saturated rings. The second-order valence-electron chi connectivity index (χ2n) is 5.01. The Balaban J connectivity index is 2.34. The van der Waals surface area contributed by atoms with Gasteiger partial charge in [-0.25, -0.2) is 8.78 Å².